The number of nitrogens with zero attached hydrogens (tertiary/aromatic N) is 1. The van der Waals surface area contributed by atoms with Gasteiger partial charge in [0.25, 0.3) is 0 Å². The molecule has 0 bridgehead atoms. The summed E-state index contributed by atoms with van der Waals surface area (Å²) < 4.78 is 1.10. The first-order chi connectivity index (χ1) is 6.57. The van der Waals surface area contributed by atoms with Crippen molar-refractivity contribution in [3.8, 4) is 0 Å². The van der Waals surface area contributed by atoms with Gasteiger partial charge < -0.3 is 11.1 Å². The van der Waals surface area contributed by atoms with E-state index in [1.807, 2.05) is 0 Å². The third-order valence-electron chi connectivity index (χ3n) is 1.41. The van der Waals surface area contributed by atoms with Crippen LogP contribution >= 0.6 is 11.8 Å². The molecule has 0 spiro atoms. The molecule has 0 unspecified atom stereocenters. The molecule has 0 aliphatic heterocycles. The highest BCUT2D eigenvalue weighted by atomic mass is 35.5. The second-order valence-electron chi connectivity index (χ2n) is 2.62. The molecule has 4 N–H and O–H groups in total. The second-order valence-corrected chi connectivity index (χ2v) is 3.02. The summed E-state index contributed by atoms with van der Waals surface area (Å²) in [7, 11) is 0. The Kier molecular flexibility index (Phi) is 6.57. The van der Waals surface area contributed by atoms with E-state index in [9.17, 15) is 4.79 Å². The summed E-state index contributed by atoms with van der Waals surface area (Å²) in [5.41, 5.74) is 5.10. The number of rotatable bonds is 5. The van der Waals surface area contributed by atoms with E-state index >= 15 is 0 Å². The fourth-order valence-electron chi connectivity index (χ4n) is 0.760. The van der Waals surface area contributed by atoms with Gasteiger partial charge in [-0.1, -0.05) is 6.08 Å². The molecule has 6 heteroatoms. The number of allylic oxidation sites excluding steroid dienone is 1. The zero-order valence-electron chi connectivity index (χ0n) is 8.09. The van der Waals surface area contributed by atoms with Gasteiger partial charge in [0.15, 0.2) is 0 Å². The van der Waals surface area contributed by atoms with Gasteiger partial charge in [-0.25, -0.2) is 0 Å². The molecule has 80 valence electrons. The van der Waals surface area contributed by atoms with Crippen molar-refractivity contribution in [2.24, 2.45) is 5.73 Å². The van der Waals surface area contributed by atoms with Crippen molar-refractivity contribution < 1.29 is 4.79 Å². The van der Waals surface area contributed by atoms with Crippen molar-refractivity contribution in [1.29, 1.82) is 5.41 Å². The zero-order valence-corrected chi connectivity index (χ0v) is 8.84. The molecule has 0 radical (unpaired) electrons. The van der Waals surface area contributed by atoms with Crippen LogP contribution in [0.15, 0.2) is 12.2 Å². The highest BCUT2D eigenvalue weighted by Crippen LogP contribution is 1.93. The molecule has 0 aromatic carbocycles. The first-order valence-corrected chi connectivity index (χ1v) is 4.59. The number of hydrogen-bond donors (Lipinski definition) is 3. The minimum absolute atomic E-state index is 0.128. The maximum absolute atomic E-state index is 10.9. The second kappa shape index (κ2) is 7.20. The molecule has 5 nitrogen and oxygen atoms in total. The van der Waals surface area contributed by atoms with E-state index in [4.69, 9.17) is 22.9 Å². The van der Waals surface area contributed by atoms with Crippen molar-refractivity contribution in [2.75, 3.05) is 13.1 Å². The number of amides is 1. The number of nitrogens with two attached hydrogens (primary N) is 1. The Balaban J connectivity index is 3.47. The van der Waals surface area contributed by atoms with E-state index in [1.165, 1.54) is 6.08 Å². The lowest BCUT2D eigenvalue weighted by Crippen LogP contribution is -2.31. The average Bonchev–Trinajstić information content (AvgIpc) is 2.12. The van der Waals surface area contributed by atoms with E-state index in [1.54, 1.807) is 13.0 Å². The van der Waals surface area contributed by atoms with Gasteiger partial charge in [-0.3, -0.25) is 14.6 Å². The van der Waals surface area contributed by atoms with Crippen LogP contribution in [0.1, 0.15) is 13.3 Å². The predicted molar refractivity (Wildman–Crippen MR) is 56.9 cm³/mol. The number of carbonyl (C=O) groups excluding carboxylic acids is 1. The first kappa shape index (κ1) is 12.8. The molecule has 0 aromatic heterocycles. The lowest BCUT2D eigenvalue weighted by atomic mass is 10.4. The molecule has 0 rings (SSSR count). The Morgan fingerprint density at radius 2 is 2.36 bits per heavy atom. The van der Waals surface area contributed by atoms with Crippen molar-refractivity contribution >= 4 is 23.6 Å². The van der Waals surface area contributed by atoms with Crippen molar-refractivity contribution in [3.63, 3.8) is 0 Å². The third-order valence-corrected chi connectivity index (χ3v) is 1.76. The van der Waals surface area contributed by atoms with Gasteiger partial charge >= 0.3 is 0 Å². The Morgan fingerprint density at radius 3 is 2.86 bits per heavy atom. The van der Waals surface area contributed by atoms with E-state index < -0.39 is 0 Å². The molecule has 0 saturated heterocycles. The van der Waals surface area contributed by atoms with E-state index in [0.29, 0.717) is 19.5 Å². The van der Waals surface area contributed by atoms with Crippen LogP contribution in [0.3, 0.4) is 0 Å². The molecule has 0 saturated carbocycles. The maximum Gasteiger partial charge on any atom is 0.243 e. The standard InChI is InChI=1S/C8H15ClN4O/c1-2-4-7(14)12-5-3-6-13(9)8(10)11/h2,4H,3,5-6H2,1H3,(H3,10,11)(H,12,14). The number of nitrogens with one attached hydrogen (secondary N) is 2. The van der Waals surface area contributed by atoms with Crippen LogP contribution in [-0.4, -0.2) is 29.4 Å². The van der Waals surface area contributed by atoms with E-state index in [2.05, 4.69) is 5.32 Å². The third kappa shape index (κ3) is 6.30. The van der Waals surface area contributed by atoms with Crippen molar-refractivity contribution in [2.45, 2.75) is 13.3 Å². The van der Waals surface area contributed by atoms with Crippen LogP contribution in [0, 0.1) is 5.41 Å². The maximum atomic E-state index is 10.9. The fraction of sp³-hybridized carbons (Fsp3) is 0.500. The number of halogens is 1. The van der Waals surface area contributed by atoms with Gasteiger partial charge in [0.1, 0.15) is 0 Å². The molecular formula is C8H15ClN4O. The van der Waals surface area contributed by atoms with Crippen LogP contribution in [0.5, 0.6) is 0 Å². The summed E-state index contributed by atoms with van der Waals surface area (Å²) in [5.74, 6) is -0.317. The highest BCUT2D eigenvalue weighted by Gasteiger charge is 2.01. The Bertz CT molecular complexity index is 229. The van der Waals surface area contributed by atoms with Crippen molar-refractivity contribution in [1.82, 2.24) is 9.74 Å². The minimum atomic E-state index is -0.188. The largest absolute Gasteiger partial charge is 0.369 e. The highest BCUT2D eigenvalue weighted by molar-refractivity contribution is 6.21. The van der Waals surface area contributed by atoms with Crippen LogP contribution < -0.4 is 11.1 Å². The Labute approximate surface area is 88.5 Å². The zero-order chi connectivity index (χ0) is 11.0. The first-order valence-electron chi connectivity index (χ1n) is 4.25. The SMILES string of the molecule is CC=CC(=O)NCCCN(Cl)C(=N)N. The summed E-state index contributed by atoms with van der Waals surface area (Å²) in [6.45, 7) is 2.72. The molecular weight excluding hydrogens is 204 g/mol. The predicted octanol–water partition coefficient (Wildman–Crippen LogP) is 0.418. The molecule has 0 fully saturated rings. The van der Waals surface area contributed by atoms with Gasteiger partial charge in [-0.2, -0.15) is 0 Å². The molecule has 14 heavy (non-hydrogen) atoms. The molecule has 0 aromatic rings. The summed E-state index contributed by atoms with van der Waals surface area (Å²) >= 11 is 5.55. The lowest BCUT2D eigenvalue weighted by Gasteiger charge is -2.12. The quantitative estimate of drug-likeness (QED) is 0.206. The normalized spacial score (nSPS) is 10.1. The van der Waals surface area contributed by atoms with Gasteiger partial charge in [-0.05, 0) is 19.4 Å². The fourth-order valence-corrected chi connectivity index (χ4v) is 0.880. The van der Waals surface area contributed by atoms with Crippen LogP contribution in [0.2, 0.25) is 0 Å². The van der Waals surface area contributed by atoms with Gasteiger partial charge in [-0.15, -0.1) is 0 Å². The summed E-state index contributed by atoms with van der Waals surface area (Å²) in [4.78, 5) is 10.9. The van der Waals surface area contributed by atoms with E-state index in [-0.39, 0.29) is 11.9 Å². The molecule has 0 atom stereocenters. The summed E-state index contributed by atoms with van der Waals surface area (Å²) in [6, 6.07) is 0. The molecule has 0 aliphatic carbocycles. The number of carbonyl (C=O) groups is 1. The topological polar surface area (TPSA) is 82.2 Å². The van der Waals surface area contributed by atoms with E-state index in [0.717, 1.165) is 4.42 Å². The van der Waals surface area contributed by atoms with Crippen LogP contribution in [-0.2, 0) is 4.79 Å². The number of guanidine groups is 1. The summed E-state index contributed by atoms with van der Waals surface area (Å²) in [6.07, 6.45) is 3.76. The minimum Gasteiger partial charge on any atom is -0.369 e. The van der Waals surface area contributed by atoms with Gasteiger partial charge in [0, 0.05) is 24.9 Å². The smallest absolute Gasteiger partial charge is 0.243 e. The lowest BCUT2D eigenvalue weighted by molar-refractivity contribution is -0.116. The van der Waals surface area contributed by atoms with Gasteiger partial charge in [0.05, 0.1) is 0 Å². The summed E-state index contributed by atoms with van der Waals surface area (Å²) in [5, 5.41) is 9.62. The molecule has 0 heterocycles. The Hall–Kier alpha value is -1.23. The Morgan fingerprint density at radius 1 is 1.71 bits per heavy atom. The van der Waals surface area contributed by atoms with Crippen LogP contribution in [0.25, 0.3) is 0 Å². The van der Waals surface area contributed by atoms with Gasteiger partial charge in [0.2, 0.25) is 11.9 Å². The van der Waals surface area contributed by atoms with Crippen molar-refractivity contribution in [3.05, 3.63) is 12.2 Å². The molecule has 1 amide bonds. The average molecular weight is 219 g/mol. The number of hydrogen-bond acceptors (Lipinski definition) is 2. The van der Waals surface area contributed by atoms with Crippen LogP contribution in [0.4, 0.5) is 0 Å². The monoisotopic (exact) mass is 218 g/mol. The molecule has 0 aliphatic rings.